The smallest absolute Gasteiger partial charge is 0.255 e. The molecule has 0 aromatic heterocycles. The highest BCUT2D eigenvalue weighted by molar-refractivity contribution is 6.24. The van der Waals surface area contributed by atoms with Crippen molar-refractivity contribution in [3.63, 3.8) is 0 Å². The Labute approximate surface area is 209 Å². The largest absolute Gasteiger partial charge is 0.510 e. The summed E-state index contributed by atoms with van der Waals surface area (Å²) in [6.45, 7) is 0.842. The highest BCUT2D eigenvalue weighted by atomic mass is 16.3. The van der Waals surface area contributed by atoms with E-state index in [4.69, 9.17) is 5.73 Å². The third kappa shape index (κ3) is 3.71. The van der Waals surface area contributed by atoms with Crippen LogP contribution in [0.2, 0.25) is 0 Å². The number of allylic oxidation sites excluding steroid dienone is 1. The van der Waals surface area contributed by atoms with Crippen LogP contribution in [-0.2, 0) is 22.4 Å². The fourth-order valence-electron chi connectivity index (χ4n) is 6.13. The van der Waals surface area contributed by atoms with Crippen molar-refractivity contribution in [3.8, 4) is 5.75 Å². The van der Waals surface area contributed by atoms with Gasteiger partial charge in [0.25, 0.3) is 5.91 Å². The minimum Gasteiger partial charge on any atom is -0.510 e. The predicted molar refractivity (Wildman–Crippen MR) is 131 cm³/mol. The lowest BCUT2D eigenvalue weighted by molar-refractivity contribution is -0.148. The van der Waals surface area contributed by atoms with Gasteiger partial charge < -0.3 is 31.1 Å². The van der Waals surface area contributed by atoms with Crippen molar-refractivity contribution in [2.75, 3.05) is 34.7 Å². The molecule has 0 radical (unpaired) electrons. The molecular weight excluding hydrogens is 466 g/mol. The number of aliphatic hydroxyl groups excluding tert-OH is 2. The van der Waals surface area contributed by atoms with E-state index in [0.717, 1.165) is 18.5 Å². The van der Waals surface area contributed by atoms with Crippen LogP contribution in [0, 0.1) is 11.8 Å². The molecular formula is C26H33N3O7. The van der Waals surface area contributed by atoms with Crippen LogP contribution >= 0.6 is 0 Å². The molecule has 1 aromatic carbocycles. The van der Waals surface area contributed by atoms with E-state index >= 15 is 0 Å². The van der Waals surface area contributed by atoms with Crippen LogP contribution in [0.15, 0.2) is 34.8 Å². The minimum absolute atomic E-state index is 0.0538. The molecule has 0 aliphatic heterocycles. The second-order valence-electron chi connectivity index (χ2n) is 10.5. The SMILES string of the molecule is CN(C)CCCc1ccc(O)c2c1C[C@@H]1C[C@@H]3[C@H](N(C)C)C(O)=C(C(N)=O)C(=O)[C@]3(O)C(O)=C1C2=O. The Morgan fingerprint density at radius 2 is 1.81 bits per heavy atom. The minimum atomic E-state index is -2.62. The number of nitrogens with two attached hydrogens (primary N) is 1. The molecule has 1 amide bonds. The maximum Gasteiger partial charge on any atom is 0.255 e. The number of rotatable bonds is 6. The van der Waals surface area contributed by atoms with E-state index in [1.54, 1.807) is 20.2 Å². The standard InChI is InChI=1S/C26H33N3O7/c1-28(2)9-5-6-12-7-8-16(30)18-14(12)10-13-11-15-20(29(3)4)22(32)19(25(27)35)24(34)26(15,36)23(33)17(13)21(18)31/h7-8,13,15,20,30,32-33,36H,5-6,9-11H2,1-4H3,(H2,27,35)/t13-,15-,20+,26-/m1/s1. The van der Waals surface area contributed by atoms with E-state index < -0.39 is 58.0 Å². The van der Waals surface area contributed by atoms with E-state index in [2.05, 4.69) is 4.90 Å². The number of ketones is 2. The molecule has 3 aliphatic carbocycles. The van der Waals surface area contributed by atoms with Crippen LogP contribution in [0.3, 0.4) is 0 Å². The number of amides is 1. The summed E-state index contributed by atoms with van der Waals surface area (Å²) in [7, 11) is 7.15. The normalized spacial score (nSPS) is 27.9. The fourth-order valence-corrected chi connectivity index (χ4v) is 6.13. The number of Topliss-reactive ketones (excluding diaryl/α,β-unsaturated/α-hetero) is 2. The maximum atomic E-state index is 13.7. The van der Waals surface area contributed by atoms with Crippen LogP contribution in [0.1, 0.15) is 34.3 Å². The molecule has 0 bridgehead atoms. The van der Waals surface area contributed by atoms with Gasteiger partial charge in [0.2, 0.25) is 5.78 Å². The number of primary amides is 1. The Hall–Kier alpha value is -3.21. The lowest BCUT2D eigenvalue weighted by atomic mass is 9.58. The molecule has 10 nitrogen and oxygen atoms in total. The number of carbonyl (C=O) groups is 3. The molecule has 0 heterocycles. The van der Waals surface area contributed by atoms with Gasteiger partial charge in [-0.05, 0) is 83.5 Å². The molecule has 3 aliphatic rings. The summed E-state index contributed by atoms with van der Waals surface area (Å²) < 4.78 is 0. The third-order valence-electron chi connectivity index (χ3n) is 7.75. The second-order valence-corrected chi connectivity index (χ2v) is 10.5. The lowest BCUT2D eigenvalue weighted by Gasteiger charge is -2.50. The van der Waals surface area contributed by atoms with E-state index in [1.165, 1.54) is 11.0 Å². The molecule has 0 fully saturated rings. The zero-order chi connectivity index (χ0) is 26.7. The number of fused-ring (bicyclic) bond motifs is 3. The highest BCUT2D eigenvalue weighted by Gasteiger charge is 2.63. The molecule has 6 N–H and O–H groups in total. The summed E-state index contributed by atoms with van der Waals surface area (Å²) in [5.41, 5.74) is 3.43. The van der Waals surface area contributed by atoms with E-state index in [0.29, 0.717) is 18.4 Å². The fraction of sp³-hybridized carbons (Fsp3) is 0.500. The molecule has 0 saturated heterocycles. The van der Waals surface area contributed by atoms with Gasteiger partial charge in [0.15, 0.2) is 11.4 Å². The molecule has 1 aromatic rings. The number of aromatic hydroxyl groups is 1. The molecule has 4 rings (SSSR count). The first-order chi connectivity index (χ1) is 16.8. The number of likely N-dealkylation sites (N-methyl/N-ethyl adjacent to an activating group) is 1. The summed E-state index contributed by atoms with van der Waals surface area (Å²) in [6.07, 6.45) is 1.91. The first-order valence-corrected chi connectivity index (χ1v) is 12.0. The van der Waals surface area contributed by atoms with Gasteiger partial charge in [0, 0.05) is 11.5 Å². The number of phenolic OH excluding ortho intramolecular Hbond substituents is 1. The predicted octanol–water partition coefficient (Wildman–Crippen LogP) is 0.615. The second kappa shape index (κ2) is 9.02. The van der Waals surface area contributed by atoms with Gasteiger partial charge in [-0.1, -0.05) is 6.07 Å². The molecule has 10 heteroatoms. The average Bonchev–Trinajstić information content (AvgIpc) is 2.77. The summed E-state index contributed by atoms with van der Waals surface area (Å²) in [4.78, 5) is 42.6. The Morgan fingerprint density at radius 1 is 1.14 bits per heavy atom. The van der Waals surface area contributed by atoms with Gasteiger partial charge in [-0.3, -0.25) is 19.3 Å². The van der Waals surface area contributed by atoms with Crippen LogP contribution in [0.5, 0.6) is 5.75 Å². The zero-order valence-electron chi connectivity index (χ0n) is 20.9. The number of benzene rings is 1. The highest BCUT2D eigenvalue weighted by Crippen LogP contribution is 2.52. The Morgan fingerprint density at radius 3 is 2.39 bits per heavy atom. The number of hydrogen-bond acceptors (Lipinski definition) is 9. The topological polar surface area (TPSA) is 165 Å². The van der Waals surface area contributed by atoms with E-state index in [-0.39, 0.29) is 23.3 Å². The van der Waals surface area contributed by atoms with Gasteiger partial charge in [0.1, 0.15) is 22.8 Å². The number of carbonyl (C=O) groups excluding carboxylic acids is 3. The van der Waals surface area contributed by atoms with Crippen molar-refractivity contribution in [2.24, 2.45) is 17.6 Å². The van der Waals surface area contributed by atoms with Crippen LogP contribution in [0.25, 0.3) is 0 Å². The molecule has 36 heavy (non-hydrogen) atoms. The zero-order valence-corrected chi connectivity index (χ0v) is 20.9. The van der Waals surface area contributed by atoms with Gasteiger partial charge in [-0.2, -0.15) is 0 Å². The number of hydrogen-bond donors (Lipinski definition) is 5. The van der Waals surface area contributed by atoms with E-state index in [1.807, 2.05) is 14.1 Å². The van der Waals surface area contributed by atoms with Crippen molar-refractivity contribution in [3.05, 3.63) is 51.5 Å². The number of nitrogens with zero attached hydrogens (tertiary/aromatic N) is 2. The summed E-state index contributed by atoms with van der Waals surface area (Å²) in [5, 5.41) is 44.3. The Balaban J connectivity index is 1.86. The summed E-state index contributed by atoms with van der Waals surface area (Å²) in [6, 6.07) is 2.24. The quantitative estimate of drug-likeness (QED) is 0.353. The van der Waals surface area contributed by atoms with Gasteiger partial charge in [-0.15, -0.1) is 0 Å². The van der Waals surface area contributed by atoms with Gasteiger partial charge in [-0.25, -0.2) is 0 Å². The third-order valence-corrected chi connectivity index (χ3v) is 7.75. The van der Waals surface area contributed by atoms with Gasteiger partial charge >= 0.3 is 0 Å². The van der Waals surface area contributed by atoms with Crippen molar-refractivity contribution in [1.82, 2.24) is 9.80 Å². The molecule has 4 atom stereocenters. The molecule has 194 valence electrons. The maximum absolute atomic E-state index is 13.7. The summed E-state index contributed by atoms with van der Waals surface area (Å²) >= 11 is 0. The van der Waals surface area contributed by atoms with Crippen molar-refractivity contribution >= 4 is 17.5 Å². The molecule has 0 unspecified atom stereocenters. The van der Waals surface area contributed by atoms with Crippen molar-refractivity contribution in [1.29, 1.82) is 0 Å². The Kier molecular flexibility index (Phi) is 6.48. The number of aliphatic hydroxyl groups is 3. The average molecular weight is 500 g/mol. The monoisotopic (exact) mass is 499 g/mol. The number of aryl methyl sites for hydroxylation is 1. The van der Waals surface area contributed by atoms with Crippen molar-refractivity contribution in [2.45, 2.75) is 37.3 Å². The lowest BCUT2D eigenvalue weighted by Crippen LogP contribution is -2.63. The molecule has 0 spiro atoms. The van der Waals surface area contributed by atoms with Crippen LogP contribution < -0.4 is 5.73 Å². The van der Waals surface area contributed by atoms with Gasteiger partial charge in [0.05, 0.1) is 11.6 Å². The van der Waals surface area contributed by atoms with Crippen LogP contribution in [-0.4, -0.2) is 94.1 Å². The molecule has 0 saturated carbocycles. The first kappa shape index (κ1) is 25.9. The van der Waals surface area contributed by atoms with Crippen LogP contribution in [0.4, 0.5) is 0 Å². The first-order valence-electron chi connectivity index (χ1n) is 12.0. The van der Waals surface area contributed by atoms with E-state index in [9.17, 15) is 34.8 Å². The number of phenols is 1. The van der Waals surface area contributed by atoms with Crippen molar-refractivity contribution < 1.29 is 34.8 Å². The summed E-state index contributed by atoms with van der Waals surface area (Å²) in [5.74, 6) is -6.39. The Bertz CT molecular complexity index is 1220.